The van der Waals surface area contributed by atoms with Crippen LogP contribution >= 0.6 is 0 Å². The molecule has 0 radical (unpaired) electrons. The van der Waals surface area contributed by atoms with E-state index in [1.807, 2.05) is 79.7 Å². The SMILES string of the molecule is COc1ccc(-c2ccnc(Nc3cc(NC(=O)c4ccc(CCN(C)C)cc4)ccc3C)n2)cc1. The molecule has 4 aromatic rings. The average molecular weight is 482 g/mol. The third-order valence-corrected chi connectivity index (χ3v) is 5.85. The van der Waals surface area contributed by atoms with E-state index in [2.05, 4.69) is 39.6 Å². The second kappa shape index (κ2) is 11.5. The summed E-state index contributed by atoms with van der Waals surface area (Å²) in [7, 11) is 5.75. The number of aryl methyl sites for hydroxylation is 1. The molecule has 1 amide bonds. The molecule has 1 aromatic heterocycles. The van der Waals surface area contributed by atoms with Crippen molar-refractivity contribution in [2.45, 2.75) is 13.3 Å². The molecule has 0 spiro atoms. The van der Waals surface area contributed by atoms with E-state index < -0.39 is 0 Å². The molecule has 0 bridgehead atoms. The van der Waals surface area contributed by atoms with E-state index in [9.17, 15) is 4.79 Å². The maximum atomic E-state index is 12.8. The fourth-order valence-electron chi connectivity index (χ4n) is 3.68. The number of aromatic nitrogens is 2. The standard InChI is InChI=1S/C29H31N5O2/c1-20-5-12-24(31-28(35)23-8-6-21(7-9-23)16-18-34(2)3)19-27(20)33-29-30-17-15-26(32-29)22-10-13-25(36-4)14-11-22/h5-15,17,19H,16,18H2,1-4H3,(H,31,35)(H,30,32,33). The van der Waals surface area contributed by atoms with Gasteiger partial charge < -0.3 is 20.3 Å². The fourth-order valence-corrected chi connectivity index (χ4v) is 3.68. The number of ether oxygens (including phenoxy) is 1. The molecule has 3 aromatic carbocycles. The zero-order valence-corrected chi connectivity index (χ0v) is 21.1. The first-order chi connectivity index (χ1) is 17.4. The van der Waals surface area contributed by atoms with Gasteiger partial charge in [-0.25, -0.2) is 9.97 Å². The normalized spacial score (nSPS) is 10.8. The van der Waals surface area contributed by atoms with E-state index in [1.54, 1.807) is 13.3 Å². The van der Waals surface area contributed by atoms with E-state index in [-0.39, 0.29) is 5.91 Å². The lowest BCUT2D eigenvalue weighted by Gasteiger charge is -2.13. The minimum absolute atomic E-state index is 0.151. The van der Waals surface area contributed by atoms with Gasteiger partial charge in [-0.2, -0.15) is 0 Å². The van der Waals surface area contributed by atoms with Crippen LogP contribution in [0.5, 0.6) is 5.75 Å². The Hall–Kier alpha value is -4.23. The van der Waals surface area contributed by atoms with Gasteiger partial charge in [0.15, 0.2) is 0 Å². The van der Waals surface area contributed by atoms with Crippen molar-refractivity contribution in [1.82, 2.24) is 14.9 Å². The maximum Gasteiger partial charge on any atom is 0.255 e. The van der Waals surface area contributed by atoms with Crippen molar-refractivity contribution < 1.29 is 9.53 Å². The summed E-state index contributed by atoms with van der Waals surface area (Å²) < 4.78 is 5.23. The molecule has 0 saturated heterocycles. The van der Waals surface area contributed by atoms with Gasteiger partial charge in [0, 0.05) is 35.2 Å². The Balaban J connectivity index is 1.45. The summed E-state index contributed by atoms with van der Waals surface area (Å²) in [6.45, 7) is 2.96. The first-order valence-corrected chi connectivity index (χ1v) is 11.8. The summed E-state index contributed by atoms with van der Waals surface area (Å²) in [6.07, 6.45) is 2.67. The topological polar surface area (TPSA) is 79.4 Å². The summed E-state index contributed by atoms with van der Waals surface area (Å²) in [5, 5.41) is 6.28. The fraction of sp³-hybridized carbons (Fsp3) is 0.207. The van der Waals surface area contributed by atoms with E-state index in [0.717, 1.165) is 41.2 Å². The molecule has 184 valence electrons. The molecule has 0 fully saturated rings. The number of nitrogens with zero attached hydrogens (tertiary/aromatic N) is 3. The molecule has 0 atom stereocenters. The van der Waals surface area contributed by atoms with Gasteiger partial charge in [-0.3, -0.25) is 4.79 Å². The number of anilines is 3. The lowest BCUT2D eigenvalue weighted by molar-refractivity contribution is 0.102. The molecule has 7 nitrogen and oxygen atoms in total. The predicted molar refractivity (Wildman–Crippen MR) is 145 cm³/mol. The molecule has 36 heavy (non-hydrogen) atoms. The molecule has 0 aliphatic heterocycles. The lowest BCUT2D eigenvalue weighted by atomic mass is 10.1. The Labute approximate surface area is 212 Å². The number of benzene rings is 3. The van der Waals surface area contributed by atoms with Crippen molar-refractivity contribution in [3.63, 3.8) is 0 Å². The largest absolute Gasteiger partial charge is 0.497 e. The minimum Gasteiger partial charge on any atom is -0.497 e. The van der Waals surface area contributed by atoms with Gasteiger partial charge in [-0.1, -0.05) is 18.2 Å². The number of carbonyl (C=O) groups excluding carboxylic acids is 1. The van der Waals surface area contributed by atoms with Crippen LogP contribution in [0.25, 0.3) is 11.3 Å². The molecular weight excluding hydrogens is 450 g/mol. The molecule has 1 heterocycles. The van der Waals surface area contributed by atoms with Crippen LogP contribution < -0.4 is 15.4 Å². The van der Waals surface area contributed by atoms with Crippen LogP contribution in [0.4, 0.5) is 17.3 Å². The summed E-state index contributed by atoms with van der Waals surface area (Å²) in [5.41, 5.74) is 6.11. The zero-order valence-electron chi connectivity index (χ0n) is 21.1. The maximum absolute atomic E-state index is 12.8. The molecule has 0 aliphatic rings. The number of hydrogen-bond donors (Lipinski definition) is 2. The van der Waals surface area contributed by atoms with Crippen molar-refractivity contribution in [3.05, 3.63) is 95.7 Å². The molecule has 4 rings (SSSR count). The number of rotatable bonds is 9. The van der Waals surface area contributed by atoms with Crippen molar-refractivity contribution in [2.75, 3.05) is 38.4 Å². The molecular formula is C29H31N5O2. The quantitative estimate of drug-likeness (QED) is 0.326. The number of amides is 1. The van der Waals surface area contributed by atoms with Crippen molar-refractivity contribution in [3.8, 4) is 17.0 Å². The Bertz CT molecular complexity index is 1320. The summed E-state index contributed by atoms with van der Waals surface area (Å²) in [6, 6.07) is 23.1. The first-order valence-electron chi connectivity index (χ1n) is 11.8. The highest BCUT2D eigenvalue weighted by atomic mass is 16.5. The number of hydrogen-bond acceptors (Lipinski definition) is 6. The number of carbonyl (C=O) groups is 1. The second-order valence-corrected chi connectivity index (χ2v) is 8.85. The van der Waals surface area contributed by atoms with Gasteiger partial charge in [0.2, 0.25) is 5.95 Å². The summed E-state index contributed by atoms with van der Waals surface area (Å²) in [4.78, 5) is 24.0. The predicted octanol–water partition coefficient (Wildman–Crippen LogP) is 5.56. The van der Waals surface area contributed by atoms with Crippen LogP contribution in [0.2, 0.25) is 0 Å². The smallest absolute Gasteiger partial charge is 0.255 e. The highest BCUT2D eigenvalue weighted by Crippen LogP contribution is 2.25. The van der Waals surface area contributed by atoms with Gasteiger partial charge in [0.05, 0.1) is 12.8 Å². The van der Waals surface area contributed by atoms with E-state index in [4.69, 9.17) is 4.74 Å². The number of likely N-dealkylation sites (N-methyl/N-ethyl adjacent to an activating group) is 1. The third-order valence-electron chi connectivity index (χ3n) is 5.85. The average Bonchev–Trinajstić information content (AvgIpc) is 2.90. The van der Waals surface area contributed by atoms with Crippen LogP contribution in [0.1, 0.15) is 21.5 Å². The highest BCUT2D eigenvalue weighted by Gasteiger charge is 2.10. The van der Waals surface area contributed by atoms with E-state index in [1.165, 1.54) is 5.56 Å². The molecule has 2 N–H and O–H groups in total. The van der Waals surface area contributed by atoms with Crippen LogP contribution in [-0.2, 0) is 6.42 Å². The Morgan fingerprint density at radius 2 is 1.72 bits per heavy atom. The van der Waals surface area contributed by atoms with Crippen molar-refractivity contribution >= 4 is 23.2 Å². The van der Waals surface area contributed by atoms with Gasteiger partial charge in [-0.15, -0.1) is 0 Å². The molecule has 0 saturated carbocycles. The molecule has 0 unspecified atom stereocenters. The van der Waals surface area contributed by atoms with Crippen LogP contribution in [0.3, 0.4) is 0 Å². The van der Waals surface area contributed by atoms with Crippen molar-refractivity contribution in [2.24, 2.45) is 0 Å². The summed E-state index contributed by atoms with van der Waals surface area (Å²) in [5.74, 6) is 1.12. The minimum atomic E-state index is -0.151. The number of nitrogens with one attached hydrogen (secondary N) is 2. The first kappa shape index (κ1) is 24.9. The van der Waals surface area contributed by atoms with Gasteiger partial charge >= 0.3 is 0 Å². The van der Waals surface area contributed by atoms with Crippen LogP contribution in [0.15, 0.2) is 79.0 Å². The Morgan fingerprint density at radius 1 is 0.972 bits per heavy atom. The van der Waals surface area contributed by atoms with E-state index in [0.29, 0.717) is 17.2 Å². The zero-order chi connectivity index (χ0) is 25.5. The van der Waals surface area contributed by atoms with Crippen LogP contribution in [-0.4, -0.2) is 48.5 Å². The second-order valence-electron chi connectivity index (χ2n) is 8.85. The highest BCUT2D eigenvalue weighted by molar-refractivity contribution is 6.04. The molecule has 7 heteroatoms. The monoisotopic (exact) mass is 481 g/mol. The van der Waals surface area contributed by atoms with Gasteiger partial charge in [0.1, 0.15) is 5.75 Å². The third kappa shape index (κ3) is 6.46. The van der Waals surface area contributed by atoms with Crippen molar-refractivity contribution in [1.29, 1.82) is 0 Å². The summed E-state index contributed by atoms with van der Waals surface area (Å²) >= 11 is 0. The van der Waals surface area contributed by atoms with Crippen LogP contribution in [0, 0.1) is 6.92 Å². The Kier molecular flexibility index (Phi) is 7.92. The van der Waals surface area contributed by atoms with Gasteiger partial charge in [0.25, 0.3) is 5.91 Å². The van der Waals surface area contributed by atoms with E-state index >= 15 is 0 Å². The Morgan fingerprint density at radius 3 is 2.42 bits per heavy atom. The van der Waals surface area contributed by atoms with Gasteiger partial charge in [-0.05, 0) is 93.2 Å². The lowest BCUT2D eigenvalue weighted by Crippen LogP contribution is -2.15. The number of methoxy groups -OCH3 is 1. The molecule has 0 aliphatic carbocycles.